The summed E-state index contributed by atoms with van der Waals surface area (Å²) in [6.07, 6.45) is 2.83. The predicted molar refractivity (Wildman–Crippen MR) is 109 cm³/mol. The molecule has 0 radical (unpaired) electrons. The number of nitrogens with one attached hydrogen (secondary N) is 1. The van der Waals surface area contributed by atoms with Crippen molar-refractivity contribution in [2.24, 2.45) is 0 Å². The molecule has 1 aromatic rings. The molecule has 1 N–H and O–H groups in total. The second kappa shape index (κ2) is 7.91. The van der Waals surface area contributed by atoms with Crippen LogP contribution in [0.4, 0.5) is 5.69 Å². The number of carbonyl (C=O) groups is 1. The average molecular weight is 428 g/mol. The summed E-state index contributed by atoms with van der Waals surface area (Å²) in [6, 6.07) is 4.58. The van der Waals surface area contributed by atoms with Crippen molar-refractivity contribution in [1.29, 1.82) is 0 Å². The minimum atomic E-state index is -3.56. The van der Waals surface area contributed by atoms with Gasteiger partial charge in [-0.25, -0.2) is 8.42 Å². The van der Waals surface area contributed by atoms with Crippen LogP contribution in [0.5, 0.6) is 0 Å². The minimum Gasteiger partial charge on any atom is -0.320 e. The van der Waals surface area contributed by atoms with E-state index in [9.17, 15) is 13.2 Å². The molecule has 154 valence electrons. The van der Waals surface area contributed by atoms with Gasteiger partial charge < -0.3 is 9.80 Å². The lowest BCUT2D eigenvalue weighted by Gasteiger charge is -2.50. The van der Waals surface area contributed by atoms with Gasteiger partial charge in [0.2, 0.25) is 10.0 Å². The molecule has 2 bridgehead atoms. The third-order valence-electron chi connectivity index (χ3n) is 6.32. The Bertz CT molecular complexity index is 833. The molecule has 4 aliphatic rings. The maximum atomic E-state index is 12.9. The Balaban J connectivity index is 1.48. The molecule has 1 aromatic carbocycles. The summed E-state index contributed by atoms with van der Waals surface area (Å²) in [4.78, 5) is 15.3. The number of piperidine rings is 1. The van der Waals surface area contributed by atoms with Gasteiger partial charge in [0.25, 0.3) is 5.91 Å². The van der Waals surface area contributed by atoms with E-state index in [1.54, 1.807) is 6.07 Å². The molecule has 28 heavy (non-hydrogen) atoms. The standard InChI is InChI=1S/C19H27ClN4O3S/c20-17-5-4-16(28(26,27)23-6-2-1-3-7-23)14-18(17)21-19(25)15-24-11-8-22(9-12-24)10-13-24/h4-5,14H,1-3,6-13,15H2/p+1. The molecule has 0 unspecified atom stereocenters. The number of nitrogens with zero attached hydrogens (tertiary/aromatic N) is 3. The largest absolute Gasteiger partial charge is 0.320 e. The molecular formula is C19H28ClN4O3S+. The number of benzene rings is 1. The van der Waals surface area contributed by atoms with Gasteiger partial charge in [0.15, 0.2) is 6.54 Å². The predicted octanol–water partition coefficient (Wildman–Crippen LogP) is 1.60. The fraction of sp³-hybridized carbons (Fsp3) is 0.632. The maximum absolute atomic E-state index is 12.9. The van der Waals surface area contributed by atoms with E-state index >= 15 is 0 Å². The highest BCUT2D eigenvalue weighted by atomic mass is 35.5. The van der Waals surface area contributed by atoms with E-state index in [1.165, 1.54) is 16.4 Å². The van der Waals surface area contributed by atoms with Crippen molar-refractivity contribution in [2.75, 3.05) is 64.2 Å². The number of carbonyl (C=O) groups excluding carboxylic acids is 1. The van der Waals surface area contributed by atoms with E-state index < -0.39 is 10.0 Å². The molecule has 4 aliphatic heterocycles. The van der Waals surface area contributed by atoms with Gasteiger partial charge in [-0.3, -0.25) is 9.69 Å². The number of piperazine rings is 3. The summed E-state index contributed by atoms with van der Waals surface area (Å²) in [5.41, 5.74) is 0.374. The zero-order chi connectivity index (χ0) is 19.8. The molecular weight excluding hydrogens is 400 g/mol. The Morgan fingerprint density at radius 3 is 2.32 bits per heavy atom. The van der Waals surface area contributed by atoms with Crippen LogP contribution in [0, 0.1) is 0 Å². The fourth-order valence-electron chi connectivity index (χ4n) is 4.48. The summed E-state index contributed by atoms with van der Waals surface area (Å²) >= 11 is 6.26. The number of anilines is 1. The van der Waals surface area contributed by atoms with Gasteiger partial charge in [-0.05, 0) is 31.0 Å². The lowest BCUT2D eigenvalue weighted by atomic mass is 10.1. The second-order valence-corrected chi connectivity index (χ2v) is 10.5. The van der Waals surface area contributed by atoms with E-state index in [2.05, 4.69) is 10.2 Å². The van der Waals surface area contributed by atoms with Crippen molar-refractivity contribution in [2.45, 2.75) is 24.2 Å². The number of amides is 1. The third-order valence-corrected chi connectivity index (χ3v) is 8.54. The van der Waals surface area contributed by atoms with Crippen molar-refractivity contribution in [3.63, 3.8) is 0 Å². The van der Waals surface area contributed by atoms with Gasteiger partial charge in [0.05, 0.1) is 35.2 Å². The Hall–Kier alpha value is -1.19. The van der Waals surface area contributed by atoms with E-state index in [4.69, 9.17) is 11.6 Å². The van der Waals surface area contributed by atoms with Crippen LogP contribution in [0.3, 0.4) is 0 Å². The van der Waals surface area contributed by atoms with Crippen LogP contribution in [0.2, 0.25) is 5.02 Å². The van der Waals surface area contributed by atoms with Gasteiger partial charge in [-0.2, -0.15) is 4.31 Å². The molecule has 4 heterocycles. The van der Waals surface area contributed by atoms with Gasteiger partial charge in [0, 0.05) is 32.7 Å². The molecule has 4 saturated heterocycles. The lowest BCUT2D eigenvalue weighted by Crippen LogP contribution is -2.68. The number of hydrogen-bond donors (Lipinski definition) is 1. The number of sulfonamides is 1. The molecule has 4 fully saturated rings. The summed E-state index contributed by atoms with van der Waals surface area (Å²) in [6.45, 7) is 7.59. The van der Waals surface area contributed by atoms with E-state index in [0.717, 1.165) is 63.0 Å². The van der Waals surface area contributed by atoms with Gasteiger partial charge in [-0.15, -0.1) is 0 Å². The summed E-state index contributed by atoms with van der Waals surface area (Å²) in [5.74, 6) is -0.107. The quantitative estimate of drug-likeness (QED) is 0.724. The average Bonchev–Trinajstić information content (AvgIpc) is 2.71. The Labute approximate surface area is 171 Å². The van der Waals surface area contributed by atoms with Gasteiger partial charge in [-0.1, -0.05) is 18.0 Å². The molecule has 1 amide bonds. The smallest absolute Gasteiger partial charge is 0.279 e. The van der Waals surface area contributed by atoms with Gasteiger partial charge in [0.1, 0.15) is 0 Å². The van der Waals surface area contributed by atoms with Crippen molar-refractivity contribution in [3.8, 4) is 0 Å². The van der Waals surface area contributed by atoms with Crippen LogP contribution in [0.25, 0.3) is 0 Å². The molecule has 7 nitrogen and oxygen atoms in total. The highest BCUT2D eigenvalue weighted by Gasteiger charge is 2.40. The molecule has 0 aliphatic carbocycles. The van der Waals surface area contributed by atoms with E-state index in [-0.39, 0.29) is 10.8 Å². The molecule has 9 heteroatoms. The summed E-state index contributed by atoms with van der Waals surface area (Å²) in [5, 5.41) is 3.22. The van der Waals surface area contributed by atoms with Crippen LogP contribution >= 0.6 is 11.6 Å². The van der Waals surface area contributed by atoms with Gasteiger partial charge >= 0.3 is 0 Å². The first-order valence-corrected chi connectivity index (χ1v) is 11.9. The van der Waals surface area contributed by atoms with E-state index in [0.29, 0.717) is 30.3 Å². The van der Waals surface area contributed by atoms with Crippen LogP contribution < -0.4 is 5.32 Å². The first-order valence-electron chi connectivity index (χ1n) is 10.1. The third kappa shape index (κ3) is 4.07. The number of fused-ring (bicyclic) bond motifs is 3. The Kier molecular flexibility index (Phi) is 5.68. The van der Waals surface area contributed by atoms with E-state index in [1.807, 2.05) is 0 Å². The van der Waals surface area contributed by atoms with Crippen molar-refractivity contribution in [3.05, 3.63) is 23.2 Å². The Morgan fingerprint density at radius 2 is 1.68 bits per heavy atom. The van der Waals surface area contributed by atoms with Crippen LogP contribution in [-0.4, -0.2) is 86.9 Å². The molecule has 0 aromatic heterocycles. The maximum Gasteiger partial charge on any atom is 0.279 e. The minimum absolute atomic E-state index is 0.107. The monoisotopic (exact) mass is 427 g/mol. The number of hydrogen-bond acceptors (Lipinski definition) is 4. The van der Waals surface area contributed by atoms with Crippen molar-refractivity contribution in [1.82, 2.24) is 9.21 Å². The summed E-state index contributed by atoms with van der Waals surface area (Å²) < 4.78 is 28.2. The highest BCUT2D eigenvalue weighted by molar-refractivity contribution is 7.89. The normalized spacial score (nSPS) is 28.2. The van der Waals surface area contributed by atoms with Crippen LogP contribution in [0.1, 0.15) is 19.3 Å². The van der Waals surface area contributed by atoms with Crippen molar-refractivity contribution >= 4 is 33.2 Å². The van der Waals surface area contributed by atoms with Crippen LogP contribution in [-0.2, 0) is 14.8 Å². The zero-order valence-corrected chi connectivity index (χ0v) is 17.6. The second-order valence-electron chi connectivity index (χ2n) is 8.17. The zero-order valence-electron chi connectivity index (χ0n) is 16.1. The number of halogens is 1. The highest BCUT2D eigenvalue weighted by Crippen LogP contribution is 2.28. The SMILES string of the molecule is O=C(C[N+]12CCN(CC1)CC2)Nc1cc(S(=O)(=O)N2CCCCC2)ccc1Cl. The Morgan fingerprint density at radius 1 is 1.04 bits per heavy atom. The van der Waals surface area contributed by atoms with Crippen LogP contribution in [0.15, 0.2) is 23.1 Å². The molecule has 0 atom stereocenters. The lowest BCUT2D eigenvalue weighted by molar-refractivity contribution is -0.933. The summed E-state index contributed by atoms with van der Waals surface area (Å²) in [7, 11) is -3.56. The molecule has 0 saturated carbocycles. The number of quaternary nitrogens is 1. The first kappa shape index (κ1) is 20.1. The first-order chi connectivity index (χ1) is 13.4. The molecule has 5 rings (SSSR count). The topological polar surface area (TPSA) is 69.7 Å². The van der Waals surface area contributed by atoms with Crippen molar-refractivity contribution < 1.29 is 17.7 Å². The fourth-order valence-corrected chi connectivity index (χ4v) is 6.19. The molecule has 0 spiro atoms. The number of rotatable bonds is 5.